The minimum absolute atomic E-state index is 0.169. The van der Waals surface area contributed by atoms with Crippen LogP contribution in [0.1, 0.15) is 45.4 Å². The van der Waals surface area contributed by atoms with Crippen LogP contribution in [0.2, 0.25) is 0 Å². The monoisotopic (exact) mass is 296 g/mol. The Morgan fingerprint density at radius 1 is 1.25 bits per heavy atom. The average Bonchev–Trinajstić information content (AvgIpc) is 2.41. The molecule has 112 valence electrons. The second kappa shape index (κ2) is 6.59. The number of primary sulfonamides is 1. The van der Waals surface area contributed by atoms with E-state index in [1.54, 1.807) is 12.1 Å². The standard InChI is InChI=1S/C15H24N2O2S/c1-2-4-12-7-9-13(10-8-12)17-14-5-3-6-15(11-14)20(16,18)19/h3,5-6,11-13,17H,2,4,7-10H2,1H3,(H2,16,18,19). The van der Waals surface area contributed by atoms with E-state index in [1.807, 2.05) is 6.07 Å². The number of hydrogen-bond donors (Lipinski definition) is 2. The molecule has 0 atom stereocenters. The topological polar surface area (TPSA) is 72.2 Å². The number of sulfonamides is 1. The van der Waals surface area contributed by atoms with Crippen molar-refractivity contribution in [3.63, 3.8) is 0 Å². The van der Waals surface area contributed by atoms with E-state index in [1.165, 1.54) is 31.7 Å². The molecule has 2 rings (SSSR count). The molecule has 0 aromatic heterocycles. The normalized spacial score (nSPS) is 23.5. The Kier molecular flexibility index (Phi) is 5.05. The first-order valence-corrected chi connectivity index (χ1v) is 8.93. The van der Waals surface area contributed by atoms with Gasteiger partial charge in [-0.05, 0) is 49.8 Å². The van der Waals surface area contributed by atoms with E-state index in [2.05, 4.69) is 12.2 Å². The summed E-state index contributed by atoms with van der Waals surface area (Å²) in [5.74, 6) is 0.869. The lowest BCUT2D eigenvalue weighted by atomic mass is 9.83. The fourth-order valence-corrected chi connectivity index (χ4v) is 3.56. The second-order valence-corrected chi connectivity index (χ2v) is 7.28. The van der Waals surface area contributed by atoms with Gasteiger partial charge in [-0.15, -0.1) is 0 Å². The van der Waals surface area contributed by atoms with Crippen LogP contribution in [-0.2, 0) is 10.0 Å². The predicted molar refractivity (Wildman–Crippen MR) is 82.1 cm³/mol. The molecule has 1 aromatic carbocycles. The van der Waals surface area contributed by atoms with Gasteiger partial charge in [0.15, 0.2) is 0 Å². The molecule has 1 aliphatic rings. The van der Waals surface area contributed by atoms with Crippen molar-refractivity contribution in [2.24, 2.45) is 11.1 Å². The summed E-state index contributed by atoms with van der Waals surface area (Å²) in [7, 11) is -3.62. The Labute approximate surface area is 121 Å². The Bertz CT molecular complexity index is 535. The van der Waals surface area contributed by atoms with Crippen molar-refractivity contribution < 1.29 is 8.42 Å². The van der Waals surface area contributed by atoms with Crippen LogP contribution in [0, 0.1) is 5.92 Å². The van der Waals surface area contributed by atoms with Crippen molar-refractivity contribution in [3.05, 3.63) is 24.3 Å². The minimum Gasteiger partial charge on any atom is -0.382 e. The molecule has 1 aliphatic carbocycles. The molecule has 0 bridgehead atoms. The highest BCUT2D eigenvalue weighted by Gasteiger charge is 2.20. The van der Waals surface area contributed by atoms with Crippen LogP contribution in [0.25, 0.3) is 0 Å². The molecule has 20 heavy (non-hydrogen) atoms. The van der Waals surface area contributed by atoms with Crippen LogP contribution >= 0.6 is 0 Å². The number of benzene rings is 1. The summed E-state index contributed by atoms with van der Waals surface area (Å²) in [4.78, 5) is 0.169. The summed E-state index contributed by atoms with van der Waals surface area (Å²) >= 11 is 0. The number of nitrogens with two attached hydrogens (primary N) is 1. The molecule has 0 spiro atoms. The largest absolute Gasteiger partial charge is 0.382 e. The third-order valence-corrected chi connectivity index (χ3v) is 4.99. The summed E-state index contributed by atoms with van der Waals surface area (Å²) in [5, 5.41) is 8.59. The molecule has 1 aromatic rings. The SMILES string of the molecule is CCCC1CCC(Nc2cccc(S(N)(=O)=O)c2)CC1. The van der Waals surface area contributed by atoms with Crippen molar-refractivity contribution in [3.8, 4) is 0 Å². The fourth-order valence-electron chi connectivity index (χ4n) is 3.00. The van der Waals surface area contributed by atoms with Gasteiger partial charge in [-0.2, -0.15) is 0 Å². The summed E-state index contributed by atoms with van der Waals surface area (Å²) in [5.41, 5.74) is 0.843. The van der Waals surface area contributed by atoms with Gasteiger partial charge in [0.05, 0.1) is 4.90 Å². The van der Waals surface area contributed by atoms with Crippen LogP contribution in [0.5, 0.6) is 0 Å². The van der Waals surface area contributed by atoms with Crippen molar-refractivity contribution in [2.45, 2.75) is 56.4 Å². The van der Waals surface area contributed by atoms with E-state index in [9.17, 15) is 8.42 Å². The molecule has 0 heterocycles. The molecule has 1 fully saturated rings. The third-order valence-electron chi connectivity index (χ3n) is 4.08. The summed E-state index contributed by atoms with van der Waals surface area (Å²) in [6.07, 6.45) is 7.43. The Balaban J connectivity index is 1.95. The molecular weight excluding hydrogens is 272 g/mol. The third kappa shape index (κ3) is 4.21. The van der Waals surface area contributed by atoms with Crippen LogP contribution in [-0.4, -0.2) is 14.5 Å². The lowest BCUT2D eigenvalue weighted by Crippen LogP contribution is -2.26. The van der Waals surface area contributed by atoms with E-state index < -0.39 is 10.0 Å². The molecule has 0 unspecified atom stereocenters. The molecule has 0 radical (unpaired) electrons. The van der Waals surface area contributed by atoms with Gasteiger partial charge in [-0.25, -0.2) is 13.6 Å². The zero-order valence-corrected chi connectivity index (χ0v) is 12.8. The van der Waals surface area contributed by atoms with Gasteiger partial charge in [-0.1, -0.05) is 25.8 Å². The zero-order valence-electron chi connectivity index (χ0n) is 12.0. The number of hydrogen-bond acceptors (Lipinski definition) is 3. The van der Waals surface area contributed by atoms with Crippen molar-refractivity contribution in [2.75, 3.05) is 5.32 Å². The van der Waals surface area contributed by atoms with Crippen LogP contribution < -0.4 is 10.5 Å². The fraction of sp³-hybridized carbons (Fsp3) is 0.600. The first kappa shape index (κ1) is 15.3. The molecule has 5 heteroatoms. The first-order valence-electron chi connectivity index (χ1n) is 7.38. The molecule has 1 saturated carbocycles. The van der Waals surface area contributed by atoms with E-state index in [4.69, 9.17) is 5.14 Å². The number of anilines is 1. The summed E-state index contributed by atoms with van der Waals surface area (Å²) in [6.45, 7) is 2.24. The molecule has 4 nitrogen and oxygen atoms in total. The van der Waals surface area contributed by atoms with Gasteiger partial charge >= 0.3 is 0 Å². The molecule has 0 amide bonds. The highest BCUT2D eigenvalue weighted by Crippen LogP contribution is 2.29. The van der Waals surface area contributed by atoms with Crippen LogP contribution in [0.15, 0.2) is 29.2 Å². The minimum atomic E-state index is -3.62. The second-order valence-electron chi connectivity index (χ2n) is 5.72. The lowest BCUT2D eigenvalue weighted by molar-refractivity contribution is 0.319. The van der Waals surface area contributed by atoms with Crippen LogP contribution in [0.3, 0.4) is 0 Å². The lowest BCUT2D eigenvalue weighted by Gasteiger charge is -2.29. The Hall–Kier alpha value is -1.07. The molecule has 3 N–H and O–H groups in total. The van der Waals surface area contributed by atoms with Gasteiger partial charge in [0.2, 0.25) is 10.0 Å². The highest BCUT2D eigenvalue weighted by molar-refractivity contribution is 7.89. The van der Waals surface area contributed by atoms with E-state index >= 15 is 0 Å². The van der Waals surface area contributed by atoms with E-state index in [-0.39, 0.29) is 4.90 Å². The maximum Gasteiger partial charge on any atom is 0.238 e. The van der Waals surface area contributed by atoms with Gasteiger partial charge in [-0.3, -0.25) is 0 Å². The van der Waals surface area contributed by atoms with Gasteiger partial charge in [0.1, 0.15) is 0 Å². The predicted octanol–water partition coefficient (Wildman–Crippen LogP) is 3.10. The van der Waals surface area contributed by atoms with Crippen molar-refractivity contribution in [1.82, 2.24) is 0 Å². The maximum absolute atomic E-state index is 11.3. The Morgan fingerprint density at radius 3 is 2.55 bits per heavy atom. The average molecular weight is 296 g/mol. The summed E-state index contributed by atoms with van der Waals surface area (Å²) in [6, 6.07) is 7.21. The van der Waals surface area contributed by atoms with Gasteiger partial charge in [0, 0.05) is 11.7 Å². The number of nitrogens with one attached hydrogen (secondary N) is 1. The Morgan fingerprint density at radius 2 is 1.95 bits per heavy atom. The van der Waals surface area contributed by atoms with Gasteiger partial charge in [0.25, 0.3) is 0 Å². The highest BCUT2D eigenvalue weighted by atomic mass is 32.2. The van der Waals surface area contributed by atoms with Crippen LogP contribution in [0.4, 0.5) is 5.69 Å². The first-order chi connectivity index (χ1) is 9.49. The van der Waals surface area contributed by atoms with Crippen molar-refractivity contribution in [1.29, 1.82) is 0 Å². The van der Waals surface area contributed by atoms with E-state index in [0.717, 1.165) is 24.4 Å². The smallest absolute Gasteiger partial charge is 0.238 e. The molecule has 0 saturated heterocycles. The summed E-state index contributed by atoms with van der Waals surface area (Å²) < 4.78 is 22.7. The quantitative estimate of drug-likeness (QED) is 0.877. The molecule has 0 aliphatic heterocycles. The zero-order chi connectivity index (χ0) is 14.6. The van der Waals surface area contributed by atoms with Gasteiger partial charge < -0.3 is 5.32 Å². The number of rotatable bonds is 5. The van der Waals surface area contributed by atoms with E-state index in [0.29, 0.717) is 6.04 Å². The maximum atomic E-state index is 11.3. The molecular formula is C15H24N2O2S. The van der Waals surface area contributed by atoms with Crippen molar-refractivity contribution >= 4 is 15.7 Å².